The summed E-state index contributed by atoms with van der Waals surface area (Å²) >= 11 is 0. The number of benzene rings is 3. The second-order valence-corrected chi connectivity index (χ2v) is 6.12. The van der Waals surface area contributed by atoms with E-state index in [1.807, 2.05) is 0 Å². The molecule has 142 valence electrons. The third kappa shape index (κ3) is 4.43. The monoisotopic (exact) mass is 376 g/mol. The lowest BCUT2D eigenvalue weighted by Gasteiger charge is -2.11. The standard InChI is InChI=1S/C22H20N2O4/c25-13-17-5-1-3-7-19(17)23-21(27)15-9-11-16(12-10-15)22(28)24-20-8-4-2-6-18(20)14-26/h1-12,25-26H,13-14H2,(H,23,27)(H,24,28). The number of hydrogen-bond acceptors (Lipinski definition) is 4. The minimum Gasteiger partial charge on any atom is -0.392 e. The van der Waals surface area contributed by atoms with Gasteiger partial charge in [-0.3, -0.25) is 9.59 Å². The van der Waals surface area contributed by atoms with Crippen molar-refractivity contribution >= 4 is 23.2 Å². The zero-order valence-corrected chi connectivity index (χ0v) is 15.1. The van der Waals surface area contributed by atoms with Crippen LogP contribution < -0.4 is 10.6 Å². The average Bonchev–Trinajstić information content (AvgIpc) is 2.74. The van der Waals surface area contributed by atoms with Crippen molar-refractivity contribution in [2.45, 2.75) is 13.2 Å². The van der Waals surface area contributed by atoms with Crippen LogP contribution in [-0.2, 0) is 13.2 Å². The second kappa shape index (κ2) is 8.94. The van der Waals surface area contributed by atoms with Crippen molar-refractivity contribution in [2.75, 3.05) is 10.6 Å². The van der Waals surface area contributed by atoms with Crippen LogP contribution in [0.2, 0.25) is 0 Å². The van der Waals surface area contributed by atoms with Crippen molar-refractivity contribution in [1.29, 1.82) is 0 Å². The molecule has 0 radical (unpaired) electrons. The molecule has 3 aromatic rings. The van der Waals surface area contributed by atoms with Gasteiger partial charge in [0.2, 0.25) is 0 Å². The Kier molecular flexibility index (Phi) is 6.16. The number of hydrogen-bond donors (Lipinski definition) is 4. The highest BCUT2D eigenvalue weighted by atomic mass is 16.3. The van der Waals surface area contributed by atoms with Crippen molar-refractivity contribution in [3.05, 3.63) is 95.1 Å². The molecule has 0 heterocycles. The van der Waals surface area contributed by atoms with Crippen LogP contribution >= 0.6 is 0 Å². The van der Waals surface area contributed by atoms with Gasteiger partial charge < -0.3 is 20.8 Å². The number of nitrogens with one attached hydrogen (secondary N) is 2. The first-order valence-corrected chi connectivity index (χ1v) is 8.72. The molecule has 6 nitrogen and oxygen atoms in total. The third-order valence-corrected chi connectivity index (χ3v) is 4.28. The van der Waals surface area contributed by atoms with Crippen LogP contribution in [0.3, 0.4) is 0 Å². The van der Waals surface area contributed by atoms with Gasteiger partial charge >= 0.3 is 0 Å². The Labute approximate surface area is 162 Å². The first kappa shape index (κ1) is 19.3. The Hall–Kier alpha value is -3.48. The Morgan fingerprint density at radius 2 is 0.964 bits per heavy atom. The number of carbonyl (C=O) groups excluding carboxylic acids is 2. The van der Waals surface area contributed by atoms with Crippen LogP contribution in [0.15, 0.2) is 72.8 Å². The van der Waals surface area contributed by atoms with Crippen LogP contribution in [0.5, 0.6) is 0 Å². The Bertz CT molecular complexity index is 903. The predicted molar refractivity (Wildman–Crippen MR) is 107 cm³/mol. The number of carbonyl (C=O) groups is 2. The molecule has 0 spiro atoms. The van der Waals surface area contributed by atoms with Gasteiger partial charge in [0.15, 0.2) is 0 Å². The molecule has 0 aliphatic heterocycles. The summed E-state index contributed by atoms with van der Waals surface area (Å²) in [6.45, 7) is -0.351. The highest BCUT2D eigenvalue weighted by Crippen LogP contribution is 2.18. The molecule has 28 heavy (non-hydrogen) atoms. The number of amides is 2. The van der Waals surface area contributed by atoms with Gasteiger partial charge in [-0.15, -0.1) is 0 Å². The molecule has 0 unspecified atom stereocenters. The SMILES string of the molecule is O=C(Nc1ccccc1CO)c1ccc(C(=O)Nc2ccccc2CO)cc1. The summed E-state index contributed by atoms with van der Waals surface area (Å²) in [5.41, 5.74) is 3.10. The molecule has 2 amide bonds. The summed E-state index contributed by atoms with van der Waals surface area (Å²) in [6.07, 6.45) is 0. The van der Waals surface area contributed by atoms with Crippen LogP contribution in [-0.4, -0.2) is 22.0 Å². The van der Waals surface area contributed by atoms with Gasteiger partial charge in [0.1, 0.15) is 0 Å². The van der Waals surface area contributed by atoms with Gasteiger partial charge in [0.05, 0.1) is 13.2 Å². The smallest absolute Gasteiger partial charge is 0.255 e. The number of aliphatic hydroxyl groups is 2. The van der Waals surface area contributed by atoms with Crippen LogP contribution in [0.4, 0.5) is 11.4 Å². The highest BCUT2D eigenvalue weighted by Gasteiger charge is 2.12. The lowest BCUT2D eigenvalue weighted by molar-refractivity contribution is 0.101. The summed E-state index contributed by atoms with van der Waals surface area (Å²) in [7, 11) is 0. The fraction of sp³-hybridized carbons (Fsp3) is 0.0909. The fourth-order valence-corrected chi connectivity index (χ4v) is 2.72. The largest absolute Gasteiger partial charge is 0.392 e. The van der Waals surface area contributed by atoms with Gasteiger partial charge in [0.25, 0.3) is 11.8 Å². The van der Waals surface area contributed by atoms with Crippen LogP contribution in [0.1, 0.15) is 31.8 Å². The third-order valence-electron chi connectivity index (χ3n) is 4.28. The van der Waals surface area contributed by atoms with E-state index in [-0.39, 0.29) is 25.0 Å². The zero-order chi connectivity index (χ0) is 19.9. The molecule has 3 aromatic carbocycles. The van der Waals surface area contributed by atoms with Crippen molar-refractivity contribution in [2.24, 2.45) is 0 Å². The summed E-state index contributed by atoms with van der Waals surface area (Å²) in [5, 5.41) is 24.2. The van der Waals surface area contributed by atoms with E-state index in [2.05, 4.69) is 10.6 Å². The molecule has 4 N–H and O–H groups in total. The zero-order valence-electron chi connectivity index (χ0n) is 15.1. The van der Waals surface area contributed by atoms with Crippen molar-refractivity contribution < 1.29 is 19.8 Å². The van der Waals surface area contributed by atoms with E-state index in [1.165, 1.54) is 0 Å². The number of rotatable bonds is 6. The molecule has 0 aromatic heterocycles. The van der Waals surface area contributed by atoms with E-state index >= 15 is 0 Å². The van der Waals surface area contributed by atoms with Crippen LogP contribution in [0.25, 0.3) is 0 Å². The van der Waals surface area contributed by atoms with E-state index < -0.39 is 0 Å². The minimum absolute atomic E-state index is 0.176. The van der Waals surface area contributed by atoms with Crippen molar-refractivity contribution in [3.63, 3.8) is 0 Å². The number of anilines is 2. The Morgan fingerprint density at radius 1 is 0.607 bits per heavy atom. The number of para-hydroxylation sites is 2. The molecule has 0 atom stereocenters. The molecular weight excluding hydrogens is 356 g/mol. The van der Waals surface area contributed by atoms with E-state index in [0.717, 1.165) is 0 Å². The molecule has 0 saturated heterocycles. The Balaban J connectivity index is 1.70. The summed E-state index contributed by atoms with van der Waals surface area (Å²) in [5.74, 6) is -0.669. The van der Waals surface area contributed by atoms with Crippen molar-refractivity contribution in [3.8, 4) is 0 Å². The first-order valence-electron chi connectivity index (χ1n) is 8.72. The molecule has 0 saturated carbocycles. The quantitative estimate of drug-likeness (QED) is 0.531. The van der Waals surface area contributed by atoms with Gasteiger partial charge in [-0.2, -0.15) is 0 Å². The minimum atomic E-state index is -0.335. The molecular formula is C22H20N2O4. The van der Waals surface area contributed by atoms with Gasteiger partial charge in [-0.1, -0.05) is 36.4 Å². The van der Waals surface area contributed by atoms with Gasteiger partial charge in [0, 0.05) is 33.6 Å². The second-order valence-electron chi connectivity index (χ2n) is 6.12. The van der Waals surface area contributed by atoms with E-state index in [9.17, 15) is 19.8 Å². The average molecular weight is 376 g/mol. The summed E-state index contributed by atoms with van der Waals surface area (Å²) in [6, 6.07) is 20.2. The maximum Gasteiger partial charge on any atom is 0.255 e. The van der Waals surface area contributed by atoms with Gasteiger partial charge in [-0.05, 0) is 36.4 Å². The summed E-state index contributed by atoms with van der Waals surface area (Å²) < 4.78 is 0. The predicted octanol–water partition coefficient (Wildman–Crippen LogP) is 3.18. The maximum atomic E-state index is 12.4. The molecule has 0 aliphatic carbocycles. The maximum absolute atomic E-state index is 12.4. The number of aliphatic hydroxyl groups excluding tert-OH is 2. The molecule has 3 rings (SSSR count). The van der Waals surface area contributed by atoms with E-state index in [4.69, 9.17) is 0 Å². The molecule has 0 bridgehead atoms. The van der Waals surface area contributed by atoms with Gasteiger partial charge in [-0.25, -0.2) is 0 Å². The molecule has 0 fully saturated rings. The highest BCUT2D eigenvalue weighted by molar-refractivity contribution is 6.07. The summed E-state index contributed by atoms with van der Waals surface area (Å²) in [4.78, 5) is 24.8. The first-order chi connectivity index (χ1) is 13.6. The lowest BCUT2D eigenvalue weighted by Crippen LogP contribution is -2.15. The fourth-order valence-electron chi connectivity index (χ4n) is 2.72. The van der Waals surface area contributed by atoms with Crippen molar-refractivity contribution in [1.82, 2.24) is 0 Å². The Morgan fingerprint density at radius 3 is 1.32 bits per heavy atom. The molecule has 0 aliphatic rings. The normalized spacial score (nSPS) is 10.4. The lowest BCUT2D eigenvalue weighted by atomic mass is 10.1. The van der Waals surface area contributed by atoms with Crippen LogP contribution in [0, 0.1) is 0 Å². The van der Waals surface area contributed by atoms with E-state index in [0.29, 0.717) is 33.6 Å². The molecule has 6 heteroatoms. The topological polar surface area (TPSA) is 98.7 Å². The van der Waals surface area contributed by atoms with E-state index in [1.54, 1.807) is 72.8 Å².